The highest BCUT2D eigenvalue weighted by Crippen LogP contribution is 2.27. The van der Waals surface area contributed by atoms with Crippen molar-refractivity contribution in [2.45, 2.75) is 26.3 Å². The van der Waals surface area contributed by atoms with E-state index in [1.54, 1.807) is 24.5 Å². The average molecular weight is 335 g/mol. The third-order valence-corrected chi connectivity index (χ3v) is 3.72. The zero-order valence-electron chi connectivity index (χ0n) is 12.4. The highest BCUT2D eigenvalue weighted by atomic mass is 35.5. The molecule has 0 aromatic carbocycles. The Morgan fingerprint density at radius 2 is 2.05 bits per heavy atom. The molecule has 0 aliphatic carbocycles. The standard InChI is InChI=1S/C14H22N4O.2ClH/c1-14(2)10-18(8-5-12(14)15)9-13(19)17-11-3-6-16-7-4-11;;/h3-4,6-7,12H,5,8-10,15H2,1-2H3,(H,16,17,19);2*1H. The van der Waals surface area contributed by atoms with E-state index in [0.717, 1.165) is 25.2 Å². The molecule has 21 heavy (non-hydrogen) atoms. The van der Waals surface area contributed by atoms with Gasteiger partial charge in [-0.05, 0) is 24.0 Å². The number of nitrogens with two attached hydrogens (primary N) is 1. The van der Waals surface area contributed by atoms with Gasteiger partial charge in [0, 0.05) is 37.2 Å². The van der Waals surface area contributed by atoms with E-state index in [9.17, 15) is 4.79 Å². The number of halogens is 2. The second kappa shape index (κ2) is 8.54. The summed E-state index contributed by atoms with van der Waals surface area (Å²) in [4.78, 5) is 18.1. The number of hydrogen-bond donors (Lipinski definition) is 2. The van der Waals surface area contributed by atoms with Crippen LogP contribution in [-0.2, 0) is 4.79 Å². The van der Waals surface area contributed by atoms with Gasteiger partial charge in [-0.25, -0.2) is 0 Å². The number of likely N-dealkylation sites (tertiary alicyclic amines) is 1. The first-order valence-corrected chi connectivity index (χ1v) is 6.65. The predicted octanol–water partition coefficient (Wildman–Crippen LogP) is 1.92. The van der Waals surface area contributed by atoms with E-state index in [4.69, 9.17) is 5.73 Å². The predicted molar refractivity (Wildman–Crippen MR) is 90.2 cm³/mol. The maximum Gasteiger partial charge on any atom is 0.238 e. The van der Waals surface area contributed by atoms with Crippen LogP contribution in [0.15, 0.2) is 24.5 Å². The fourth-order valence-corrected chi connectivity index (χ4v) is 2.46. The van der Waals surface area contributed by atoms with Crippen molar-refractivity contribution in [2.75, 3.05) is 25.0 Å². The molecule has 2 heterocycles. The summed E-state index contributed by atoms with van der Waals surface area (Å²) in [7, 11) is 0. The minimum atomic E-state index is 0. The molecule has 1 fully saturated rings. The SMILES string of the molecule is CC1(C)CN(CC(=O)Nc2ccncc2)CCC1N.Cl.Cl. The molecule has 1 aliphatic rings. The number of aromatic nitrogens is 1. The van der Waals surface area contributed by atoms with E-state index in [-0.39, 0.29) is 42.2 Å². The summed E-state index contributed by atoms with van der Waals surface area (Å²) in [5.41, 5.74) is 6.94. The fraction of sp³-hybridized carbons (Fsp3) is 0.571. The number of pyridine rings is 1. The Bertz CT molecular complexity index is 442. The molecule has 120 valence electrons. The highest BCUT2D eigenvalue weighted by molar-refractivity contribution is 5.92. The van der Waals surface area contributed by atoms with Crippen molar-refractivity contribution < 1.29 is 4.79 Å². The summed E-state index contributed by atoms with van der Waals surface area (Å²) in [5, 5.41) is 2.88. The van der Waals surface area contributed by atoms with E-state index >= 15 is 0 Å². The molecule has 1 aromatic rings. The minimum absolute atomic E-state index is 0. The normalized spacial score (nSPS) is 20.8. The Morgan fingerprint density at radius 1 is 1.43 bits per heavy atom. The van der Waals surface area contributed by atoms with E-state index in [1.807, 2.05) is 0 Å². The van der Waals surface area contributed by atoms with Gasteiger partial charge >= 0.3 is 0 Å². The van der Waals surface area contributed by atoms with Crippen LogP contribution in [0.4, 0.5) is 5.69 Å². The Kier molecular flexibility index (Phi) is 8.18. The molecule has 1 saturated heterocycles. The van der Waals surface area contributed by atoms with Crippen LogP contribution in [0.1, 0.15) is 20.3 Å². The van der Waals surface area contributed by atoms with Gasteiger partial charge in [0.25, 0.3) is 0 Å². The molecule has 0 radical (unpaired) electrons. The number of piperidine rings is 1. The van der Waals surface area contributed by atoms with Crippen molar-refractivity contribution in [3.63, 3.8) is 0 Å². The van der Waals surface area contributed by atoms with E-state index in [0.29, 0.717) is 6.54 Å². The molecular formula is C14H24Cl2N4O. The van der Waals surface area contributed by atoms with Gasteiger partial charge < -0.3 is 11.1 Å². The maximum absolute atomic E-state index is 12.0. The summed E-state index contributed by atoms with van der Waals surface area (Å²) >= 11 is 0. The lowest BCUT2D eigenvalue weighted by atomic mass is 9.80. The summed E-state index contributed by atoms with van der Waals surface area (Å²) in [6, 6.07) is 3.79. The van der Waals surface area contributed by atoms with Gasteiger partial charge in [0.05, 0.1) is 6.54 Å². The second-order valence-electron chi connectivity index (χ2n) is 5.88. The second-order valence-corrected chi connectivity index (χ2v) is 5.88. The van der Waals surface area contributed by atoms with Gasteiger partial charge in [0.2, 0.25) is 5.91 Å². The first kappa shape index (κ1) is 20.1. The Balaban J connectivity index is 0.00000200. The lowest BCUT2D eigenvalue weighted by molar-refractivity contribution is -0.118. The molecule has 3 N–H and O–H groups in total. The third-order valence-electron chi connectivity index (χ3n) is 3.72. The minimum Gasteiger partial charge on any atom is -0.327 e. The summed E-state index contributed by atoms with van der Waals surface area (Å²) < 4.78 is 0. The molecule has 5 nitrogen and oxygen atoms in total. The number of carbonyl (C=O) groups excluding carboxylic acids is 1. The third kappa shape index (κ3) is 5.79. The molecular weight excluding hydrogens is 311 g/mol. The van der Waals surface area contributed by atoms with E-state index in [2.05, 4.69) is 29.0 Å². The zero-order chi connectivity index (χ0) is 13.9. The average Bonchev–Trinajstić information content (AvgIpc) is 2.34. The number of hydrogen-bond acceptors (Lipinski definition) is 4. The number of nitrogens with zero attached hydrogens (tertiary/aromatic N) is 2. The van der Waals surface area contributed by atoms with Crippen LogP contribution in [0, 0.1) is 5.41 Å². The lowest BCUT2D eigenvalue weighted by Gasteiger charge is -2.42. The van der Waals surface area contributed by atoms with Crippen molar-refractivity contribution in [1.29, 1.82) is 0 Å². The first-order chi connectivity index (χ1) is 8.97. The molecule has 0 spiro atoms. The van der Waals surface area contributed by atoms with Crippen molar-refractivity contribution >= 4 is 36.4 Å². The van der Waals surface area contributed by atoms with Crippen molar-refractivity contribution in [1.82, 2.24) is 9.88 Å². The van der Waals surface area contributed by atoms with Gasteiger partial charge in [0.1, 0.15) is 0 Å². The molecule has 2 rings (SSSR count). The molecule has 1 aliphatic heterocycles. The molecule has 1 amide bonds. The number of amides is 1. The van der Waals surface area contributed by atoms with Crippen LogP contribution < -0.4 is 11.1 Å². The molecule has 7 heteroatoms. The van der Waals surface area contributed by atoms with Crippen LogP contribution in [0.5, 0.6) is 0 Å². The quantitative estimate of drug-likeness (QED) is 0.885. The lowest BCUT2D eigenvalue weighted by Crippen LogP contribution is -2.53. The van der Waals surface area contributed by atoms with Gasteiger partial charge in [-0.2, -0.15) is 0 Å². The fourth-order valence-electron chi connectivity index (χ4n) is 2.46. The number of anilines is 1. The van der Waals surface area contributed by atoms with Gasteiger partial charge in [0.15, 0.2) is 0 Å². The maximum atomic E-state index is 12.0. The van der Waals surface area contributed by atoms with Crippen molar-refractivity contribution in [3.05, 3.63) is 24.5 Å². The van der Waals surface area contributed by atoms with Crippen LogP contribution in [0.25, 0.3) is 0 Å². The van der Waals surface area contributed by atoms with Crippen LogP contribution >= 0.6 is 24.8 Å². The van der Waals surface area contributed by atoms with Gasteiger partial charge in [-0.3, -0.25) is 14.7 Å². The molecule has 1 unspecified atom stereocenters. The highest BCUT2D eigenvalue weighted by Gasteiger charge is 2.33. The van der Waals surface area contributed by atoms with Crippen LogP contribution in [0.3, 0.4) is 0 Å². The molecule has 1 atom stereocenters. The zero-order valence-corrected chi connectivity index (χ0v) is 14.0. The van der Waals surface area contributed by atoms with E-state index in [1.165, 1.54) is 0 Å². The number of rotatable bonds is 3. The van der Waals surface area contributed by atoms with Gasteiger partial charge in [-0.1, -0.05) is 13.8 Å². The smallest absolute Gasteiger partial charge is 0.238 e. The summed E-state index contributed by atoms with van der Waals surface area (Å²) in [5.74, 6) is 0.0115. The monoisotopic (exact) mass is 334 g/mol. The Labute approximate surface area is 138 Å². The van der Waals surface area contributed by atoms with Crippen molar-refractivity contribution in [3.8, 4) is 0 Å². The van der Waals surface area contributed by atoms with Crippen molar-refractivity contribution in [2.24, 2.45) is 11.1 Å². The first-order valence-electron chi connectivity index (χ1n) is 6.65. The van der Waals surface area contributed by atoms with Gasteiger partial charge in [-0.15, -0.1) is 24.8 Å². The topological polar surface area (TPSA) is 71.2 Å². The molecule has 0 bridgehead atoms. The molecule has 0 saturated carbocycles. The summed E-state index contributed by atoms with van der Waals surface area (Å²) in [6.45, 7) is 6.47. The van der Waals surface area contributed by atoms with Crippen LogP contribution in [0.2, 0.25) is 0 Å². The summed E-state index contributed by atoms with van der Waals surface area (Å²) in [6.07, 6.45) is 4.27. The number of nitrogens with one attached hydrogen (secondary N) is 1. The largest absolute Gasteiger partial charge is 0.327 e. The van der Waals surface area contributed by atoms with E-state index < -0.39 is 0 Å². The number of carbonyl (C=O) groups is 1. The Hall–Kier alpha value is -0.880. The van der Waals surface area contributed by atoms with Crippen LogP contribution in [-0.4, -0.2) is 41.5 Å². The Morgan fingerprint density at radius 3 is 2.62 bits per heavy atom. The molecule has 1 aromatic heterocycles.